The van der Waals surface area contributed by atoms with E-state index >= 15 is 0 Å². The number of nitrogens with one attached hydrogen (secondary N) is 1. The number of nitrogens with two attached hydrogens (primary N) is 1. The Morgan fingerprint density at radius 3 is 2.56 bits per heavy atom. The number of Topliss-reactive ketones (excluding diaryl/α,β-unsaturated/α-hetero) is 1. The smallest absolute Gasteiger partial charge is 0.200 e. The lowest BCUT2D eigenvalue weighted by Gasteiger charge is -2.22. The van der Waals surface area contributed by atoms with Crippen molar-refractivity contribution in [3.8, 4) is 0 Å². The minimum absolute atomic E-state index is 0.0429. The van der Waals surface area contributed by atoms with Gasteiger partial charge in [0.1, 0.15) is 0 Å². The number of carbonyl (C=O) groups is 1. The molecule has 5 nitrogen and oxygen atoms in total. The van der Waals surface area contributed by atoms with E-state index in [4.69, 9.17) is 5.73 Å². The molecule has 1 aromatic rings. The van der Waals surface area contributed by atoms with Crippen LogP contribution in [0.25, 0.3) is 0 Å². The summed E-state index contributed by atoms with van der Waals surface area (Å²) < 4.78 is 1.86. The zero-order valence-electron chi connectivity index (χ0n) is 11.7. The Morgan fingerprint density at radius 2 is 2.11 bits per heavy atom. The lowest BCUT2D eigenvalue weighted by Crippen LogP contribution is -2.43. The molecule has 0 aliphatic heterocycles. The fourth-order valence-corrected chi connectivity index (χ4v) is 1.91. The molecule has 0 amide bonds. The molecule has 102 valence electrons. The molecule has 5 heteroatoms. The molecule has 0 radical (unpaired) electrons. The van der Waals surface area contributed by atoms with Crippen molar-refractivity contribution in [2.75, 3.05) is 5.73 Å². The van der Waals surface area contributed by atoms with Crippen LogP contribution in [0.3, 0.4) is 0 Å². The molecule has 0 fully saturated rings. The van der Waals surface area contributed by atoms with E-state index in [0.717, 1.165) is 6.42 Å². The minimum Gasteiger partial charge on any atom is -0.369 e. The molecule has 18 heavy (non-hydrogen) atoms. The number of aryl methyl sites for hydroxylation is 1. The van der Waals surface area contributed by atoms with Crippen LogP contribution in [0.2, 0.25) is 0 Å². The lowest BCUT2D eigenvalue weighted by atomic mass is 9.98. The van der Waals surface area contributed by atoms with Crippen molar-refractivity contribution >= 4 is 11.7 Å². The summed E-state index contributed by atoms with van der Waals surface area (Å²) in [5.41, 5.74) is 5.71. The van der Waals surface area contributed by atoms with Crippen LogP contribution in [-0.4, -0.2) is 27.4 Å². The number of imidazole rings is 1. The van der Waals surface area contributed by atoms with Crippen LogP contribution in [0.15, 0.2) is 12.4 Å². The molecule has 0 aromatic carbocycles. The van der Waals surface area contributed by atoms with E-state index in [1.165, 1.54) is 0 Å². The number of anilines is 1. The van der Waals surface area contributed by atoms with Crippen LogP contribution < -0.4 is 11.1 Å². The molecule has 0 spiro atoms. The molecule has 3 N–H and O–H groups in total. The highest BCUT2D eigenvalue weighted by atomic mass is 16.1. The van der Waals surface area contributed by atoms with Crippen LogP contribution in [0.1, 0.15) is 34.1 Å². The van der Waals surface area contributed by atoms with Crippen molar-refractivity contribution in [3.05, 3.63) is 12.4 Å². The largest absolute Gasteiger partial charge is 0.369 e. The zero-order chi connectivity index (χ0) is 13.7. The van der Waals surface area contributed by atoms with Gasteiger partial charge in [-0.15, -0.1) is 0 Å². The van der Waals surface area contributed by atoms with E-state index in [1.807, 2.05) is 38.5 Å². The van der Waals surface area contributed by atoms with Gasteiger partial charge in [-0.2, -0.15) is 0 Å². The van der Waals surface area contributed by atoms with Crippen molar-refractivity contribution in [2.24, 2.45) is 5.92 Å². The Bertz CT molecular complexity index is 384. The minimum atomic E-state index is -0.119. The van der Waals surface area contributed by atoms with Crippen LogP contribution >= 0.6 is 0 Å². The van der Waals surface area contributed by atoms with Gasteiger partial charge < -0.3 is 15.6 Å². The molecule has 1 rings (SSSR count). The third kappa shape index (κ3) is 4.14. The van der Waals surface area contributed by atoms with Gasteiger partial charge in [0.05, 0.1) is 6.04 Å². The van der Waals surface area contributed by atoms with Crippen molar-refractivity contribution in [2.45, 2.75) is 52.7 Å². The first kappa shape index (κ1) is 14.7. The Kier molecular flexibility index (Phi) is 5.34. The fourth-order valence-electron chi connectivity index (χ4n) is 1.91. The topological polar surface area (TPSA) is 72.9 Å². The van der Waals surface area contributed by atoms with E-state index < -0.39 is 0 Å². The van der Waals surface area contributed by atoms with Gasteiger partial charge in [-0.1, -0.05) is 27.7 Å². The maximum atomic E-state index is 12.1. The highest BCUT2D eigenvalue weighted by molar-refractivity contribution is 5.85. The second kappa shape index (κ2) is 6.54. The SMILES string of the molecule is CC(C)NC(CCn1ccnc1N)C(=O)C(C)C. The summed E-state index contributed by atoms with van der Waals surface area (Å²) in [4.78, 5) is 16.1. The molecule has 0 aliphatic rings. The van der Waals surface area contributed by atoms with Gasteiger partial charge in [0, 0.05) is 30.9 Å². The molecular weight excluding hydrogens is 228 g/mol. The summed E-state index contributed by atoms with van der Waals surface area (Å²) in [5, 5.41) is 3.32. The molecular formula is C13H24N4O. The van der Waals surface area contributed by atoms with Gasteiger partial charge >= 0.3 is 0 Å². The number of rotatable bonds is 7. The summed E-state index contributed by atoms with van der Waals surface area (Å²) in [7, 11) is 0. The van der Waals surface area contributed by atoms with Gasteiger partial charge in [-0.25, -0.2) is 4.98 Å². The summed E-state index contributed by atoms with van der Waals surface area (Å²) in [6, 6.07) is 0.171. The standard InChI is InChI=1S/C13H24N4O/c1-9(2)12(18)11(16-10(3)4)5-7-17-8-6-15-13(17)14/h6,8-11,16H,5,7H2,1-4H3,(H2,14,15). The molecule has 0 aliphatic carbocycles. The van der Waals surface area contributed by atoms with E-state index in [1.54, 1.807) is 6.20 Å². The van der Waals surface area contributed by atoms with E-state index in [-0.39, 0.29) is 23.8 Å². The van der Waals surface area contributed by atoms with Crippen LogP contribution in [0, 0.1) is 5.92 Å². The first-order valence-corrected chi connectivity index (χ1v) is 6.48. The maximum absolute atomic E-state index is 12.1. The third-order valence-corrected chi connectivity index (χ3v) is 2.85. The van der Waals surface area contributed by atoms with Gasteiger partial charge in [-0.05, 0) is 6.42 Å². The van der Waals surface area contributed by atoms with Crippen LogP contribution in [0.4, 0.5) is 5.95 Å². The third-order valence-electron chi connectivity index (χ3n) is 2.85. The van der Waals surface area contributed by atoms with E-state index in [2.05, 4.69) is 10.3 Å². The number of hydrogen-bond acceptors (Lipinski definition) is 4. The predicted octanol–water partition coefficient (Wildman–Crippen LogP) is 1.45. The van der Waals surface area contributed by atoms with Crippen LogP contribution in [-0.2, 0) is 11.3 Å². The highest BCUT2D eigenvalue weighted by Gasteiger charge is 2.21. The Balaban J connectivity index is 2.61. The number of carbonyl (C=O) groups excluding carboxylic acids is 1. The van der Waals surface area contributed by atoms with Crippen molar-refractivity contribution in [1.82, 2.24) is 14.9 Å². The van der Waals surface area contributed by atoms with Crippen molar-refractivity contribution in [1.29, 1.82) is 0 Å². The first-order chi connectivity index (χ1) is 8.41. The number of nitrogens with zero attached hydrogens (tertiary/aromatic N) is 2. The highest BCUT2D eigenvalue weighted by Crippen LogP contribution is 2.08. The van der Waals surface area contributed by atoms with E-state index in [0.29, 0.717) is 12.5 Å². The summed E-state index contributed by atoms with van der Waals surface area (Å²) in [6.07, 6.45) is 4.24. The zero-order valence-corrected chi connectivity index (χ0v) is 11.7. The Labute approximate surface area is 109 Å². The second-order valence-corrected chi connectivity index (χ2v) is 5.20. The predicted molar refractivity (Wildman–Crippen MR) is 73.2 cm³/mol. The van der Waals surface area contributed by atoms with Gasteiger partial charge in [0.15, 0.2) is 11.7 Å². The lowest BCUT2D eigenvalue weighted by molar-refractivity contribution is -0.124. The van der Waals surface area contributed by atoms with Gasteiger partial charge in [-0.3, -0.25) is 4.79 Å². The number of ketones is 1. The Hall–Kier alpha value is -1.36. The molecule has 1 atom stereocenters. The molecule has 0 saturated heterocycles. The number of hydrogen-bond donors (Lipinski definition) is 2. The quantitative estimate of drug-likeness (QED) is 0.770. The fraction of sp³-hybridized carbons (Fsp3) is 0.692. The van der Waals surface area contributed by atoms with Gasteiger partial charge in [0.2, 0.25) is 0 Å². The number of nitrogen functional groups attached to an aromatic ring is 1. The molecule has 1 unspecified atom stereocenters. The summed E-state index contributed by atoms with van der Waals surface area (Å²) >= 11 is 0. The van der Waals surface area contributed by atoms with Crippen molar-refractivity contribution < 1.29 is 4.79 Å². The maximum Gasteiger partial charge on any atom is 0.200 e. The molecule has 0 bridgehead atoms. The van der Waals surface area contributed by atoms with Gasteiger partial charge in [0.25, 0.3) is 0 Å². The monoisotopic (exact) mass is 252 g/mol. The Morgan fingerprint density at radius 1 is 1.44 bits per heavy atom. The second-order valence-electron chi connectivity index (χ2n) is 5.20. The summed E-state index contributed by atoms with van der Waals surface area (Å²) in [6.45, 7) is 8.67. The molecule has 1 heterocycles. The normalized spacial score (nSPS) is 13.2. The first-order valence-electron chi connectivity index (χ1n) is 6.48. The average Bonchev–Trinajstić information content (AvgIpc) is 2.68. The van der Waals surface area contributed by atoms with Crippen molar-refractivity contribution in [3.63, 3.8) is 0 Å². The van der Waals surface area contributed by atoms with Crippen LogP contribution in [0.5, 0.6) is 0 Å². The number of aromatic nitrogens is 2. The van der Waals surface area contributed by atoms with E-state index in [9.17, 15) is 4.79 Å². The molecule has 0 saturated carbocycles. The summed E-state index contributed by atoms with van der Waals surface area (Å²) in [5.74, 6) is 0.791. The molecule has 1 aromatic heterocycles. The average molecular weight is 252 g/mol.